The molecule has 4 heteroatoms. The highest BCUT2D eigenvalue weighted by molar-refractivity contribution is 8.10. The molecule has 0 N–H and O–H groups in total. The van der Waals surface area contributed by atoms with Crippen molar-refractivity contribution in [3.05, 3.63) is 30.3 Å². The highest BCUT2D eigenvalue weighted by atomic mass is 32.2. The van der Waals surface area contributed by atoms with E-state index in [2.05, 4.69) is 25.3 Å². The minimum Gasteiger partial charge on any atom is -0.488 e. The fourth-order valence-electron chi connectivity index (χ4n) is 3.07. The van der Waals surface area contributed by atoms with Gasteiger partial charge in [0.1, 0.15) is 11.9 Å². The molecule has 0 aliphatic heterocycles. The van der Waals surface area contributed by atoms with Gasteiger partial charge in [0.25, 0.3) is 0 Å². The Balaban J connectivity index is 2.25. The zero-order valence-electron chi connectivity index (χ0n) is 17.4. The zero-order chi connectivity index (χ0) is 19.6. The van der Waals surface area contributed by atoms with Crippen molar-refractivity contribution in [1.29, 1.82) is 0 Å². The van der Waals surface area contributed by atoms with Crippen LogP contribution in [0.5, 0.6) is 5.75 Å². The summed E-state index contributed by atoms with van der Waals surface area (Å²) in [5.41, 5.74) is 0. The Labute approximate surface area is 182 Å². The molecule has 1 aromatic rings. The highest BCUT2D eigenvalue weighted by Crippen LogP contribution is 2.27. The van der Waals surface area contributed by atoms with Gasteiger partial charge in [0.2, 0.25) is 0 Å². The van der Waals surface area contributed by atoms with E-state index in [4.69, 9.17) is 17.4 Å². The van der Waals surface area contributed by atoms with Gasteiger partial charge in [0.15, 0.2) is 0 Å². The summed E-state index contributed by atoms with van der Waals surface area (Å²) < 4.78 is 6.55. The molecule has 1 nitrogen and oxygen atoms in total. The quantitative estimate of drug-likeness (QED) is 0.144. The van der Waals surface area contributed by atoms with Crippen LogP contribution in [0, 0.1) is 0 Å². The van der Waals surface area contributed by atoms with E-state index in [1.54, 1.807) is 0 Å². The number of ether oxygens (including phenoxy) is 1. The second-order valence-electron chi connectivity index (χ2n) is 7.19. The Kier molecular flexibility index (Phi) is 16.9. The molecule has 0 bridgehead atoms. The summed E-state index contributed by atoms with van der Waals surface area (Å²) in [5.74, 6) is 3.49. The average Bonchev–Trinajstić information content (AvgIpc) is 2.69. The van der Waals surface area contributed by atoms with Crippen LogP contribution in [0.2, 0.25) is 0 Å². The van der Waals surface area contributed by atoms with Gasteiger partial charge in [-0.15, -0.1) is 11.8 Å². The van der Waals surface area contributed by atoms with E-state index in [-0.39, 0.29) is 10.7 Å². The summed E-state index contributed by atoms with van der Waals surface area (Å²) >= 11 is 8.84. The third-order valence-electron chi connectivity index (χ3n) is 4.72. The molecule has 0 aromatic heterocycles. The van der Waals surface area contributed by atoms with Crippen LogP contribution >= 0.6 is 36.2 Å². The Morgan fingerprint density at radius 3 is 2.15 bits per heavy atom. The van der Waals surface area contributed by atoms with Crippen molar-refractivity contribution in [3.63, 3.8) is 0 Å². The third kappa shape index (κ3) is 13.8. The van der Waals surface area contributed by atoms with Crippen molar-refractivity contribution in [2.45, 2.75) is 88.2 Å². The molecular formula is C23H40OS3. The molecule has 27 heavy (non-hydrogen) atoms. The van der Waals surface area contributed by atoms with Gasteiger partial charge in [-0.1, -0.05) is 70.1 Å². The summed E-state index contributed by atoms with van der Waals surface area (Å²) in [4.78, 5) is 0. The third-order valence-corrected chi connectivity index (χ3v) is 7.37. The topological polar surface area (TPSA) is 9.23 Å². The fraction of sp³-hybridized carbons (Fsp3) is 0.739. The first-order chi connectivity index (χ1) is 13.3. The van der Waals surface area contributed by atoms with E-state index in [1.807, 2.05) is 41.7 Å². The minimum absolute atomic E-state index is 0.198. The maximum atomic E-state index is 6.29. The van der Waals surface area contributed by atoms with Crippen LogP contribution in [0.4, 0.5) is 0 Å². The summed E-state index contributed by atoms with van der Waals surface area (Å²) in [7, 11) is 0. The van der Waals surface area contributed by atoms with Crippen molar-refractivity contribution in [2.75, 3.05) is 17.8 Å². The van der Waals surface area contributed by atoms with Gasteiger partial charge in [-0.3, -0.25) is 0 Å². The normalized spacial score (nSPS) is 13.4. The summed E-state index contributed by atoms with van der Waals surface area (Å²) in [5, 5.41) is 0. The largest absolute Gasteiger partial charge is 0.488 e. The van der Waals surface area contributed by atoms with Crippen LogP contribution in [0.1, 0.15) is 77.6 Å². The van der Waals surface area contributed by atoms with Crippen LogP contribution < -0.4 is 4.74 Å². The molecule has 0 heterocycles. The number of benzene rings is 1. The van der Waals surface area contributed by atoms with Crippen LogP contribution in [0.25, 0.3) is 0 Å². The van der Waals surface area contributed by atoms with Crippen molar-refractivity contribution < 1.29 is 4.74 Å². The molecular weight excluding hydrogens is 388 g/mol. The summed E-state index contributed by atoms with van der Waals surface area (Å²) in [6.07, 6.45) is 16.8. The molecule has 1 aromatic carbocycles. The predicted octanol–water partition coefficient (Wildman–Crippen LogP) is 8.10. The monoisotopic (exact) mass is 428 g/mol. The molecule has 156 valence electrons. The molecule has 0 saturated heterocycles. The first-order valence-corrected chi connectivity index (χ1v) is 13.7. The van der Waals surface area contributed by atoms with Gasteiger partial charge in [0.05, 0.1) is 4.58 Å². The first-order valence-electron chi connectivity index (χ1n) is 10.8. The highest BCUT2D eigenvalue weighted by Gasteiger charge is 2.20. The van der Waals surface area contributed by atoms with Crippen molar-refractivity contribution in [1.82, 2.24) is 0 Å². The molecule has 2 atom stereocenters. The summed E-state index contributed by atoms with van der Waals surface area (Å²) in [6, 6.07) is 10.2. The maximum absolute atomic E-state index is 6.29. The lowest BCUT2D eigenvalue weighted by Crippen LogP contribution is -2.26. The molecule has 0 amide bonds. The van der Waals surface area contributed by atoms with Gasteiger partial charge >= 0.3 is 0 Å². The van der Waals surface area contributed by atoms with Gasteiger partial charge in [-0.25, -0.2) is 0 Å². The first kappa shape index (κ1) is 25.1. The van der Waals surface area contributed by atoms with Gasteiger partial charge in [-0.2, -0.15) is 24.4 Å². The number of thioether (sulfide) groups is 2. The molecule has 0 radical (unpaired) electrons. The molecule has 0 aliphatic rings. The average molecular weight is 429 g/mol. The smallest absolute Gasteiger partial charge is 0.119 e. The molecule has 0 spiro atoms. The van der Waals surface area contributed by atoms with Crippen LogP contribution in [0.3, 0.4) is 0 Å². The van der Waals surface area contributed by atoms with Crippen LogP contribution in [-0.4, -0.2) is 28.4 Å². The molecule has 2 unspecified atom stereocenters. The lowest BCUT2D eigenvalue weighted by atomic mass is 10.1. The SMILES string of the molecule is CCCCCCC(Oc1ccccc1)C(S)SCCCCCCCCSC. The van der Waals surface area contributed by atoms with E-state index in [0.717, 1.165) is 12.2 Å². The van der Waals surface area contributed by atoms with Gasteiger partial charge < -0.3 is 4.74 Å². The van der Waals surface area contributed by atoms with Crippen LogP contribution in [0.15, 0.2) is 30.3 Å². The molecule has 1 rings (SSSR count). The van der Waals surface area contributed by atoms with Gasteiger partial charge in [-0.05, 0) is 55.6 Å². The zero-order valence-corrected chi connectivity index (χ0v) is 19.9. The Morgan fingerprint density at radius 1 is 0.852 bits per heavy atom. The van der Waals surface area contributed by atoms with Crippen LogP contribution in [-0.2, 0) is 0 Å². The van der Waals surface area contributed by atoms with E-state index >= 15 is 0 Å². The Bertz CT molecular complexity index is 427. The number of unbranched alkanes of at least 4 members (excludes halogenated alkanes) is 8. The number of hydrogen-bond acceptors (Lipinski definition) is 4. The molecule has 0 saturated carbocycles. The number of para-hydroxylation sites is 1. The van der Waals surface area contributed by atoms with Gasteiger partial charge in [0, 0.05) is 0 Å². The number of hydrogen-bond donors (Lipinski definition) is 1. The standard InChI is InChI=1S/C23H40OS3/c1-3-4-5-13-18-22(24-21-16-11-10-12-17-21)23(25)27-20-15-9-7-6-8-14-19-26-2/h10-12,16-17,22-23,25H,3-9,13-15,18-20H2,1-2H3. The van der Waals surface area contributed by atoms with E-state index < -0.39 is 0 Å². The van der Waals surface area contributed by atoms with E-state index in [1.165, 1.54) is 75.7 Å². The number of rotatable bonds is 18. The molecule has 0 aliphatic carbocycles. The van der Waals surface area contributed by atoms with E-state index in [0.29, 0.717) is 0 Å². The van der Waals surface area contributed by atoms with Crippen molar-refractivity contribution in [2.24, 2.45) is 0 Å². The van der Waals surface area contributed by atoms with Crippen molar-refractivity contribution in [3.8, 4) is 5.75 Å². The Morgan fingerprint density at radius 2 is 1.48 bits per heavy atom. The fourth-order valence-corrected chi connectivity index (χ4v) is 5.11. The van der Waals surface area contributed by atoms with Crippen molar-refractivity contribution >= 4 is 36.2 Å². The number of thiol groups is 1. The predicted molar refractivity (Wildman–Crippen MR) is 131 cm³/mol. The lowest BCUT2D eigenvalue weighted by molar-refractivity contribution is 0.204. The Hall–Kier alpha value is 0.0700. The second-order valence-corrected chi connectivity index (χ2v) is 10.3. The molecule has 0 fully saturated rings. The van der Waals surface area contributed by atoms with E-state index in [9.17, 15) is 0 Å². The minimum atomic E-state index is 0.198. The maximum Gasteiger partial charge on any atom is 0.119 e. The summed E-state index contributed by atoms with van der Waals surface area (Å²) in [6.45, 7) is 2.26. The lowest BCUT2D eigenvalue weighted by Gasteiger charge is -2.24. The second kappa shape index (κ2) is 18.1.